The van der Waals surface area contributed by atoms with E-state index in [1.807, 2.05) is 23.1 Å². The smallest absolute Gasteiger partial charge is 0.482 e. The van der Waals surface area contributed by atoms with Crippen LogP contribution in [-0.2, 0) is 43.6 Å². The van der Waals surface area contributed by atoms with Crippen LogP contribution in [0.3, 0.4) is 0 Å². The molecule has 0 aromatic heterocycles. The molecule has 12 N–H and O–H groups in total. The summed E-state index contributed by atoms with van der Waals surface area (Å²) < 4.78 is 101. The van der Waals surface area contributed by atoms with Crippen LogP contribution in [0, 0.1) is 0 Å². The van der Waals surface area contributed by atoms with Crippen LogP contribution in [0.5, 0.6) is 5.75 Å². The Morgan fingerprint density at radius 2 is 1.32 bits per heavy atom. The average molecular weight is 1080 g/mol. The number of nitrogens with zero attached hydrogens (tertiary/aromatic N) is 3. The molecule has 2 aliphatic heterocycles. The van der Waals surface area contributed by atoms with E-state index in [1.54, 1.807) is 30.3 Å². The van der Waals surface area contributed by atoms with Crippen molar-refractivity contribution in [2.75, 3.05) is 36.9 Å². The van der Waals surface area contributed by atoms with E-state index in [2.05, 4.69) is 38.0 Å². The Labute approximate surface area is 421 Å². The van der Waals surface area contributed by atoms with Gasteiger partial charge in [-0.3, -0.25) is 29.1 Å². The lowest BCUT2D eigenvalue weighted by Crippen LogP contribution is -2.41. The number of carboxylic acid groups (broad SMARTS) is 3. The van der Waals surface area contributed by atoms with E-state index in [4.69, 9.17) is 51.6 Å². The predicted molar refractivity (Wildman–Crippen MR) is 249 cm³/mol. The van der Waals surface area contributed by atoms with Gasteiger partial charge in [0.05, 0.1) is 11.7 Å². The molecule has 0 bridgehead atoms. The molecule has 20 nitrogen and oxygen atoms in total. The number of hydrogen-bond donors (Lipinski definition) is 9. The summed E-state index contributed by atoms with van der Waals surface area (Å²) in [6.07, 6.45) is -8.07. The molecule has 4 amide bonds. The number of amides is 4. The minimum absolute atomic E-state index is 0.0434. The molecule has 1 saturated carbocycles. The van der Waals surface area contributed by atoms with Gasteiger partial charge in [0, 0.05) is 55.6 Å². The van der Waals surface area contributed by atoms with Crippen molar-refractivity contribution in [2.24, 2.45) is 22.2 Å². The summed E-state index contributed by atoms with van der Waals surface area (Å²) in [7, 11) is 0. The van der Waals surface area contributed by atoms with E-state index in [-0.39, 0.29) is 42.2 Å². The number of fused-ring (bicyclic) bond motifs is 2. The zero-order valence-electron chi connectivity index (χ0n) is 39.6. The molecule has 412 valence electrons. The summed E-state index contributed by atoms with van der Waals surface area (Å²) in [6, 6.07) is 18.2. The number of anilines is 2. The molecule has 75 heavy (non-hydrogen) atoms. The van der Waals surface area contributed by atoms with Gasteiger partial charge in [-0.05, 0) is 104 Å². The van der Waals surface area contributed by atoms with Gasteiger partial charge in [-0.2, -0.15) is 39.5 Å². The molecular weight excluding hydrogens is 1030 g/mol. The molecule has 6 rings (SSSR count). The van der Waals surface area contributed by atoms with Crippen molar-refractivity contribution >= 4 is 58.9 Å². The largest absolute Gasteiger partial charge is 0.490 e. The number of alkyl halides is 9. The van der Waals surface area contributed by atoms with Gasteiger partial charge in [0.25, 0.3) is 17.7 Å². The van der Waals surface area contributed by atoms with E-state index in [1.165, 1.54) is 11.1 Å². The van der Waals surface area contributed by atoms with E-state index >= 15 is 0 Å². The molecule has 3 aromatic carbocycles. The van der Waals surface area contributed by atoms with Crippen molar-refractivity contribution in [2.45, 2.75) is 102 Å². The third-order valence-electron chi connectivity index (χ3n) is 10.7. The van der Waals surface area contributed by atoms with Gasteiger partial charge in [0.15, 0.2) is 12.6 Å². The van der Waals surface area contributed by atoms with Crippen LogP contribution in [0.1, 0.15) is 88.8 Å². The maximum absolute atomic E-state index is 13.5. The highest BCUT2D eigenvalue weighted by atomic mass is 19.4. The summed E-state index contributed by atoms with van der Waals surface area (Å²) in [5.41, 5.74) is 22.4. The van der Waals surface area contributed by atoms with Crippen molar-refractivity contribution in [1.82, 2.24) is 15.1 Å². The summed E-state index contributed by atoms with van der Waals surface area (Å²) in [5.74, 6) is -8.37. The number of ether oxygens (including phenoxy) is 1. The Bertz CT molecular complexity index is 2440. The maximum atomic E-state index is 13.5. The highest BCUT2D eigenvalue weighted by molar-refractivity contribution is 6.04. The first-order chi connectivity index (χ1) is 35.0. The first-order valence-electron chi connectivity index (χ1n) is 22.6. The predicted octanol–water partition coefficient (Wildman–Crippen LogP) is 5.35. The van der Waals surface area contributed by atoms with Gasteiger partial charge in [0.2, 0.25) is 5.91 Å². The Kier molecular flexibility index (Phi) is 23.1. The molecule has 3 aromatic rings. The van der Waals surface area contributed by atoms with Crippen LogP contribution in [0.25, 0.3) is 0 Å². The number of hydrogen-bond acceptors (Lipinski definition) is 11. The SMILES string of the molecule is NC(N)=NCCC[C@H](N)C(=O)NCCCCCCN1Cc2ccc(NC(=O)c3ccc(CN(C(=O)c4ccc5c(c4)OCC(=O)N5)C4CC4)cc3)cc2C1.O=C(O)C(F)(F)F.O=C(O)C(F)(F)F.O=C(O)C(F)(F)F. The second kappa shape index (κ2) is 28.1. The average Bonchev–Trinajstić information content (AvgIpc) is 4.09. The summed E-state index contributed by atoms with van der Waals surface area (Å²) in [5, 5.41) is 30.1. The van der Waals surface area contributed by atoms with Gasteiger partial charge in [-0.1, -0.05) is 31.0 Å². The third-order valence-corrected chi connectivity index (χ3v) is 10.7. The quantitative estimate of drug-likeness (QED) is 0.0336. The summed E-state index contributed by atoms with van der Waals surface area (Å²) in [4.78, 5) is 85.4. The first-order valence-corrected chi connectivity index (χ1v) is 22.6. The second-order valence-electron chi connectivity index (χ2n) is 16.7. The van der Waals surface area contributed by atoms with Gasteiger partial charge < -0.3 is 58.1 Å². The Balaban J connectivity index is 0.000000592. The standard InChI is InChI=1S/C40H51N9O5.3C2HF3O2/c41-33(6-5-18-45-40(42)43)38(52)44-17-3-1-2-4-19-48-23-29-11-13-31(20-30(29)24-48)46-37(51)27-9-7-26(8-10-27)22-49(32-14-15-32)39(53)28-12-16-34-35(21-28)54-25-36(50)47-34;3*3-2(4,5)1(6)7/h7-13,16,20-21,32-33H,1-6,14-15,17-19,22-25,41H2,(H,44,52)(H,46,51)(H,47,50)(H4,42,43,45);3*(H,6,7)/t33-;;;/m0.../s1. The number of carboxylic acids is 3. The minimum atomic E-state index is -5.08. The maximum Gasteiger partial charge on any atom is 0.490 e. The Morgan fingerprint density at radius 3 is 1.88 bits per heavy atom. The molecule has 2 heterocycles. The molecule has 1 aliphatic carbocycles. The molecule has 1 atom stereocenters. The Morgan fingerprint density at radius 1 is 0.760 bits per heavy atom. The molecule has 3 aliphatic rings. The minimum Gasteiger partial charge on any atom is -0.482 e. The molecule has 0 radical (unpaired) electrons. The Hall–Kier alpha value is -7.69. The van der Waals surface area contributed by atoms with E-state index in [0.29, 0.717) is 55.0 Å². The van der Waals surface area contributed by atoms with E-state index in [0.717, 1.165) is 69.4 Å². The molecule has 0 spiro atoms. The molecule has 0 saturated heterocycles. The number of guanidine groups is 1. The number of benzene rings is 3. The van der Waals surface area contributed by atoms with Crippen molar-refractivity contribution in [3.05, 3.63) is 88.5 Å². The van der Waals surface area contributed by atoms with Gasteiger partial charge in [0.1, 0.15) is 5.75 Å². The molecule has 1 fully saturated rings. The van der Waals surface area contributed by atoms with Gasteiger partial charge >= 0.3 is 36.4 Å². The van der Waals surface area contributed by atoms with Gasteiger partial charge in [-0.15, -0.1) is 0 Å². The number of aliphatic carboxylic acids is 3. The number of carbonyl (C=O) groups is 7. The lowest BCUT2D eigenvalue weighted by Gasteiger charge is -2.24. The third kappa shape index (κ3) is 22.1. The van der Waals surface area contributed by atoms with Crippen molar-refractivity contribution in [3.63, 3.8) is 0 Å². The molecular formula is C46H54F9N9O11. The van der Waals surface area contributed by atoms with Crippen LogP contribution < -0.4 is 37.9 Å². The van der Waals surface area contributed by atoms with Crippen molar-refractivity contribution in [3.8, 4) is 5.75 Å². The van der Waals surface area contributed by atoms with Crippen LogP contribution in [0.15, 0.2) is 65.7 Å². The number of halogens is 9. The molecule has 0 unspecified atom stereocenters. The van der Waals surface area contributed by atoms with Crippen molar-refractivity contribution in [1.29, 1.82) is 0 Å². The van der Waals surface area contributed by atoms with Crippen LogP contribution in [0.4, 0.5) is 50.9 Å². The molecule has 29 heteroatoms. The number of rotatable bonds is 18. The highest BCUT2D eigenvalue weighted by Gasteiger charge is 2.40. The normalized spacial score (nSPS) is 14.1. The fraction of sp³-hybridized carbons (Fsp3) is 0.435. The number of unbranched alkanes of at least 4 members (excludes halogenated alkanes) is 3. The van der Waals surface area contributed by atoms with Crippen LogP contribution in [0.2, 0.25) is 0 Å². The second-order valence-corrected chi connectivity index (χ2v) is 16.7. The van der Waals surface area contributed by atoms with Crippen LogP contribution in [-0.4, -0.2) is 129 Å². The van der Waals surface area contributed by atoms with E-state index < -0.39 is 42.5 Å². The number of nitrogens with one attached hydrogen (secondary N) is 3. The first kappa shape index (κ1) is 61.6. The lowest BCUT2D eigenvalue weighted by atomic mass is 10.1. The monoisotopic (exact) mass is 1080 g/mol. The van der Waals surface area contributed by atoms with Gasteiger partial charge in [-0.25, -0.2) is 14.4 Å². The number of carbonyl (C=O) groups excluding carboxylic acids is 4. The number of aliphatic imine (C=N–C) groups is 1. The number of nitrogens with two attached hydrogens (primary N) is 3. The van der Waals surface area contributed by atoms with Crippen LogP contribution >= 0.6 is 0 Å². The lowest BCUT2D eigenvalue weighted by molar-refractivity contribution is -0.193. The van der Waals surface area contributed by atoms with E-state index in [9.17, 15) is 58.7 Å². The fourth-order valence-electron chi connectivity index (χ4n) is 6.80. The fourth-order valence-corrected chi connectivity index (χ4v) is 6.80. The zero-order chi connectivity index (χ0) is 56.3. The zero-order valence-corrected chi connectivity index (χ0v) is 39.6. The van der Waals surface area contributed by atoms with Crippen molar-refractivity contribution < 1.29 is 93.1 Å². The topological polar surface area (TPSA) is 322 Å². The summed E-state index contributed by atoms with van der Waals surface area (Å²) in [6.45, 7) is 4.16. The highest BCUT2D eigenvalue weighted by Crippen LogP contribution is 2.33. The summed E-state index contributed by atoms with van der Waals surface area (Å²) >= 11 is 0.